The van der Waals surface area contributed by atoms with Crippen molar-refractivity contribution in [2.24, 2.45) is 0 Å². The van der Waals surface area contributed by atoms with Crippen LogP contribution < -0.4 is 5.56 Å². The molecule has 0 N–H and O–H groups in total. The molecule has 0 atom stereocenters. The highest BCUT2D eigenvalue weighted by molar-refractivity contribution is 6.30. The first-order valence-electron chi connectivity index (χ1n) is 8.52. The molecule has 144 valence electrons. The van der Waals surface area contributed by atoms with Crippen LogP contribution in [-0.4, -0.2) is 40.0 Å². The summed E-state index contributed by atoms with van der Waals surface area (Å²) in [4.78, 5) is 42.1. The molecule has 0 spiro atoms. The summed E-state index contributed by atoms with van der Waals surface area (Å²) in [6.45, 7) is -0.356. The van der Waals surface area contributed by atoms with Crippen molar-refractivity contribution in [2.75, 3.05) is 13.7 Å². The fraction of sp³-hybridized carbons (Fsp3) is 0.200. The van der Waals surface area contributed by atoms with Crippen molar-refractivity contribution in [1.82, 2.24) is 14.5 Å². The molecule has 1 aromatic heterocycles. The molecule has 28 heavy (non-hydrogen) atoms. The Balaban J connectivity index is 1.55. The van der Waals surface area contributed by atoms with Gasteiger partial charge in [-0.1, -0.05) is 35.9 Å². The number of benzene rings is 2. The zero-order valence-corrected chi connectivity index (χ0v) is 15.9. The van der Waals surface area contributed by atoms with Gasteiger partial charge in [0.1, 0.15) is 6.54 Å². The maximum atomic E-state index is 12.4. The lowest BCUT2D eigenvalue weighted by molar-refractivity contribution is -0.152. The van der Waals surface area contributed by atoms with Crippen molar-refractivity contribution >= 4 is 34.4 Å². The molecule has 0 saturated heterocycles. The highest BCUT2D eigenvalue weighted by Gasteiger charge is 2.14. The van der Waals surface area contributed by atoms with Crippen LogP contribution in [0.5, 0.6) is 0 Å². The van der Waals surface area contributed by atoms with Gasteiger partial charge in [-0.2, -0.15) is 0 Å². The molecular weight excluding hydrogens is 382 g/mol. The summed E-state index contributed by atoms with van der Waals surface area (Å²) >= 11 is 5.84. The number of fused-ring (bicyclic) bond motifs is 1. The molecule has 1 heterocycles. The van der Waals surface area contributed by atoms with E-state index in [-0.39, 0.29) is 18.0 Å². The molecule has 1 amide bonds. The Labute approximate surface area is 166 Å². The maximum absolute atomic E-state index is 12.4. The van der Waals surface area contributed by atoms with Crippen LogP contribution in [0.25, 0.3) is 10.9 Å². The van der Waals surface area contributed by atoms with E-state index < -0.39 is 12.6 Å². The standard InChI is InChI=1S/C20H18ClN3O4/c1-23(10-14-6-8-15(21)9-7-14)18(25)12-28-19(26)11-24-13-22-17-5-3-2-4-16(17)20(24)27/h2-9,13H,10-12H2,1H3. The summed E-state index contributed by atoms with van der Waals surface area (Å²) in [5.74, 6) is -1.04. The summed E-state index contributed by atoms with van der Waals surface area (Å²) in [7, 11) is 1.61. The zero-order valence-electron chi connectivity index (χ0n) is 15.2. The lowest BCUT2D eigenvalue weighted by Gasteiger charge is -2.17. The van der Waals surface area contributed by atoms with Crippen molar-refractivity contribution < 1.29 is 14.3 Å². The minimum atomic E-state index is -0.688. The van der Waals surface area contributed by atoms with E-state index in [0.29, 0.717) is 22.5 Å². The Morgan fingerprint density at radius 1 is 1.14 bits per heavy atom. The van der Waals surface area contributed by atoms with Crippen molar-refractivity contribution in [3.8, 4) is 0 Å². The smallest absolute Gasteiger partial charge is 0.326 e. The number of hydrogen-bond donors (Lipinski definition) is 0. The molecule has 0 unspecified atom stereocenters. The Morgan fingerprint density at radius 3 is 2.61 bits per heavy atom. The molecule has 7 nitrogen and oxygen atoms in total. The average Bonchev–Trinajstić information content (AvgIpc) is 2.70. The third kappa shape index (κ3) is 4.75. The number of carbonyl (C=O) groups is 2. The highest BCUT2D eigenvalue weighted by atomic mass is 35.5. The van der Waals surface area contributed by atoms with Crippen LogP contribution in [0.1, 0.15) is 5.56 Å². The van der Waals surface area contributed by atoms with Crippen molar-refractivity contribution in [1.29, 1.82) is 0 Å². The van der Waals surface area contributed by atoms with E-state index in [1.807, 2.05) is 12.1 Å². The third-order valence-corrected chi connectivity index (χ3v) is 4.40. The van der Waals surface area contributed by atoms with Gasteiger partial charge in [0.15, 0.2) is 6.61 Å². The molecule has 0 radical (unpaired) electrons. The van der Waals surface area contributed by atoms with E-state index in [1.165, 1.54) is 11.2 Å². The van der Waals surface area contributed by atoms with E-state index in [2.05, 4.69) is 4.98 Å². The first-order chi connectivity index (χ1) is 13.4. The zero-order chi connectivity index (χ0) is 20.1. The van der Waals surface area contributed by atoms with Gasteiger partial charge < -0.3 is 9.64 Å². The number of esters is 1. The topological polar surface area (TPSA) is 81.5 Å². The number of carbonyl (C=O) groups excluding carboxylic acids is 2. The van der Waals surface area contributed by atoms with E-state index in [9.17, 15) is 14.4 Å². The minimum absolute atomic E-state index is 0.315. The first-order valence-corrected chi connectivity index (χ1v) is 8.90. The van der Waals surface area contributed by atoms with Gasteiger partial charge in [-0.05, 0) is 29.8 Å². The summed E-state index contributed by atoms with van der Waals surface area (Å²) in [6.07, 6.45) is 1.29. The normalized spacial score (nSPS) is 10.6. The van der Waals surface area contributed by atoms with Crippen LogP contribution in [0.4, 0.5) is 0 Å². The summed E-state index contributed by atoms with van der Waals surface area (Å²) < 4.78 is 6.17. The lowest BCUT2D eigenvalue weighted by Crippen LogP contribution is -2.32. The summed E-state index contributed by atoms with van der Waals surface area (Å²) in [5, 5.41) is 1.03. The van der Waals surface area contributed by atoms with Gasteiger partial charge in [-0.3, -0.25) is 19.0 Å². The van der Waals surface area contributed by atoms with Crippen molar-refractivity contribution in [2.45, 2.75) is 13.1 Å². The largest absolute Gasteiger partial charge is 0.454 e. The van der Waals surface area contributed by atoms with E-state index >= 15 is 0 Å². The Kier molecular flexibility index (Phi) is 6.06. The molecule has 3 rings (SSSR count). The molecule has 2 aromatic carbocycles. The average molecular weight is 400 g/mol. The van der Waals surface area contributed by atoms with Gasteiger partial charge in [0.05, 0.1) is 17.2 Å². The molecule has 0 aliphatic rings. The molecule has 0 saturated carbocycles. The van der Waals surface area contributed by atoms with Gasteiger partial charge in [-0.25, -0.2) is 4.98 Å². The van der Waals surface area contributed by atoms with Gasteiger partial charge in [0.2, 0.25) is 0 Å². The predicted molar refractivity (Wildman–Crippen MR) is 105 cm³/mol. The van der Waals surface area contributed by atoms with Gasteiger partial charge in [0.25, 0.3) is 11.5 Å². The molecular formula is C20H18ClN3O4. The minimum Gasteiger partial charge on any atom is -0.454 e. The number of aromatic nitrogens is 2. The first kappa shape index (κ1) is 19.6. The quantitative estimate of drug-likeness (QED) is 0.594. The Bertz CT molecular complexity index is 1060. The second-order valence-electron chi connectivity index (χ2n) is 6.23. The summed E-state index contributed by atoms with van der Waals surface area (Å²) in [5.41, 5.74) is 1.12. The van der Waals surface area contributed by atoms with Crippen molar-refractivity contribution in [3.63, 3.8) is 0 Å². The number of rotatable bonds is 6. The number of likely N-dealkylation sites (N-methyl/N-ethyl adjacent to an activating group) is 1. The highest BCUT2D eigenvalue weighted by Crippen LogP contribution is 2.11. The van der Waals surface area contributed by atoms with Crippen molar-refractivity contribution in [3.05, 3.63) is 75.8 Å². The molecule has 0 aliphatic carbocycles. The van der Waals surface area contributed by atoms with Crippen LogP contribution in [0.15, 0.2) is 59.7 Å². The predicted octanol–water partition coefficient (Wildman–Crippen LogP) is 2.25. The number of halogens is 1. The number of para-hydroxylation sites is 1. The molecule has 0 aliphatic heterocycles. The van der Waals surface area contributed by atoms with E-state index in [1.54, 1.807) is 43.4 Å². The monoisotopic (exact) mass is 399 g/mol. The van der Waals surface area contributed by atoms with Gasteiger partial charge >= 0.3 is 5.97 Å². The van der Waals surface area contributed by atoms with E-state index in [4.69, 9.17) is 16.3 Å². The number of nitrogens with zero attached hydrogens (tertiary/aromatic N) is 3. The second-order valence-corrected chi connectivity index (χ2v) is 6.67. The van der Waals surface area contributed by atoms with E-state index in [0.717, 1.165) is 10.1 Å². The van der Waals surface area contributed by atoms with Gasteiger partial charge in [-0.15, -0.1) is 0 Å². The molecule has 0 bridgehead atoms. The maximum Gasteiger partial charge on any atom is 0.326 e. The SMILES string of the molecule is CN(Cc1ccc(Cl)cc1)C(=O)COC(=O)Cn1cnc2ccccc2c1=O. The van der Waals surface area contributed by atoms with Crippen LogP contribution in [0, 0.1) is 0 Å². The summed E-state index contributed by atoms with van der Waals surface area (Å²) in [6, 6.07) is 14.0. The Morgan fingerprint density at radius 2 is 1.86 bits per heavy atom. The lowest BCUT2D eigenvalue weighted by atomic mass is 10.2. The molecule has 8 heteroatoms. The third-order valence-electron chi connectivity index (χ3n) is 4.15. The number of ether oxygens (including phenoxy) is 1. The second kappa shape index (κ2) is 8.67. The number of hydrogen-bond acceptors (Lipinski definition) is 5. The van der Waals surface area contributed by atoms with Crippen LogP contribution in [0.2, 0.25) is 5.02 Å². The number of amides is 1. The van der Waals surface area contributed by atoms with Gasteiger partial charge in [0, 0.05) is 18.6 Å². The molecule has 3 aromatic rings. The van der Waals surface area contributed by atoms with Crippen LogP contribution >= 0.6 is 11.6 Å². The fourth-order valence-corrected chi connectivity index (χ4v) is 2.73. The Hall–Kier alpha value is -3.19. The fourth-order valence-electron chi connectivity index (χ4n) is 2.61. The van der Waals surface area contributed by atoms with Crippen LogP contribution in [-0.2, 0) is 27.4 Å². The van der Waals surface area contributed by atoms with Crippen LogP contribution in [0.3, 0.4) is 0 Å². The molecule has 0 fully saturated rings.